The highest BCUT2D eigenvalue weighted by molar-refractivity contribution is 6.19. The highest BCUT2D eigenvalue weighted by Gasteiger charge is 2.56. The number of carboxylic acids is 1. The van der Waals surface area contributed by atoms with Crippen LogP contribution in [0.25, 0.3) is 5.69 Å². The number of piperidine rings is 1. The van der Waals surface area contributed by atoms with Gasteiger partial charge in [0.05, 0.1) is 18.6 Å². The van der Waals surface area contributed by atoms with Crippen molar-refractivity contribution in [3.63, 3.8) is 0 Å². The lowest BCUT2D eigenvalue weighted by Gasteiger charge is -2.45. The number of aromatic nitrogens is 1. The number of benzene rings is 2. The molecule has 240 valence electrons. The maximum atomic E-state index is 14.3. The van der Waals surface area contributed by atoms with Crippen LogP contribution in [0.2, 0.25) is 0 Å². The van der Waals surface area contributed by atoms with Gasteiger partial charge in [0.25, 0.3) is 0 Å². The number of alkyl halides is 3. The number of hydrogen-bond acceptors (Lipinski definition) is 4. The van der Waals surface area contributed by atoms with Gasteiger partial charge in [0, 0.05) is 42.2 Å². The molecule has 1 aromatic heterocycles. The first-order valence-electron chi connectivity index (χ1n) is 15.3. The molecule has 3 aliphatic rings. The second-order valence-corrected chi connectivity index (χ2v) is 12.0. The first kappa shape index (κ1) is 32.2. The molecule has 1 unspecified atom stereocenters. The van der Waals surface area contributed by atoms with Crippen LogP contribution in [0, 0.1) is 5.82 Å². The minimum atomic E-state index is -5.19. The summed E-state index contributed by atoms with van der Waals surface area (Å²) in [4.78, 5) is 30.7. The third kappa shape index (κ3) is 7.38. The number of amidine groups is 1. The number of halogens is 4. The molecule has 2 aromatic carbocycles. The van der Waals surface area contributed by atoms with E-state index in [2.05, 4.69) is 53.5 Å². The van der Waals surface area contributed by atoms with Gasteiger partial charge in [-0.2, -0.15) is 13.2 Å². The molecule has 2 saturated heterocycles. The number of quaternary nitrogens is 1. The van der Waals surface area contributed by atoms with E-state index in [-0.39, 0.29) is 17.9 Å². The van der Waals surface area contributed by atoms with Crippen LogP contribution in [0.4, 0.5) is 28.0 Å². The molecule has 3 heterocycles. The number of likely N-dealkylation sites (tertiary alicyclic amines) is 1. The van der Waals surface area contributed by atoms with Crippen LogP contribution < -0.4 is 20.2 Å². The van der Waals surface area contributed by atoms with Gasteiger partial charge in [-0.15, -0.1) is 0 Å². The van der Waals surface area contributed by atoms with Crippen LogP contribution in [0.15, 0.2) is 78.0 Å². The van der Waals surface area contributed by atoms with E-state index in [1.807, 2.05) is 18.2 Å². The summed E-state index contributed by atoms with van der Waals surface area (Å²) in [6.07, 6.45) is 6.27. The van der Waals surface area contributed by atoms with Crippen LogP contribution >= 0.6 is 0 Å². The number of anilines is 1. The average molecular weight is 628 g/mol. The zero-order valence-corrected chi connectivity index (χ0v) is 25.0. The molecule has 6 rings (SSSR count). The molecule has 2 N–H and O–H groups in total. The predicted octanol–water partition coefficient (Wildman–Crippen LogP) is 4.18. The van der Waals surface area contributed by atoms with Gasteiger partial charge < -0.3 is 19.4 Å². The molecule has 1 aliphatic carbocycles. The van der Waals surface area contributed by atoms with Crippen LogP contribution in [0.3, 0.4) is 0 Å². The monoisotopic (exact) mass is 627 g/mol. The second kappa shape index (κ2) is 13.4. The van der Waals surface area contributed by atoms with Gasteiger partial charge in [0.2, 0.25) is 0 Å². The first-order valence-corrected chi connectivity index (χ1v) is 15.3. The molecule has 3 aromatic rings. The Morgan fingerprint density at radius 2 is 1.71 bits per heavy atom. The lowest BCUT2D eigenvalue weighted by atomic mass is 9.81. The highest BCUT2D eigenvalue weighted by atomic mass is 19.4. The molecule has 12 heteroatoms. The lowest BCUT2D eigenvalue weighted by molar-refractivity contribution is -0.942. The number of nitrogens with zero attached hydrogens (tertiary/aromatic N) is 3. The summed E-state index contributed by atoms with van der Waals surface area (Å²) in [5.41, 5.74) is 2.50. The van der Waals surface area contributed by atoms with Gasteiger partial charge in [-0.25, -0.2) is 9.18 Å². The topological polar surface area (TPSA) is 94.2 Å². The number of aliphatic carboxylic acids is 1. The predicted molar refractivity (Wildman–Crippen MR) is 160 cm³/mol. The highest BCUT2D eigenvalue weighted by Crippen LogP contribution is 2.38. The zero-order chi connectivity index (χ0) is 32.2. The number of nitrogens with one attached hydrogen (secondary N) is 2. The van der Waals surface area contributed by atoms with Crippen LogP contribution in [0.5, 0.6) is 0 Å². The van der Waals surface area contributed by atoms with Crippen molar-refractivity contribution in [3.8, 4) is 5.69 Å². The van der Waals surface area contributed by atoms with Gasteiger partial charge in [0.15, 0.2) is 0 Å². The normalized spacial score (nSPS) is 24.8. The number of carboxylic acid groups (broad SMARTS) is 1. The number of amides is 2. The smallest absolute Gasteiger partial charge is 0.430 e. The van der Waals surface area contributed by atoms with Crippen LogP contribution in [-0.2, 0) is 11.3 Å². The lowest BCUT2D eigenvalue weighted by Crippen LogP contribution is -3.16. The van der Waals surface area contributed by atoms with Gasteiger partial charge in [-0.05, 0) is 62.2 Å². The van der Waals surface area contributed by atoms with E-state index in [1.165, 1.54) is 41.9 Å². The van der Waals surface area contributed by atoms with Crippen molar-refractivity contribution in [1.29, 1.82) is 0 Å². The molecule has 45 heavy (non-hydrogen) atoms. The van der Waals surface area contributed by atoms with E-state index < -0.39 is 17.7 Å². The van der Waals surface area contributed by atoms with Crippen molar-refractivity contribution in [2.45, 2.75) is 82.2 Å². The fourth-order valence-corrected chi connectivity index (χ4v) is 6.74. The molecule has 0 radical (unpaired) electrons. The molecule has 1 spiro atoms. The number of rotatable bonds is 5. The minimum absolute atomic E-state index is 0.194. The van der Waals surface area contributed by atoms with E-state index >= 15 is 0 Å². The summed E-state index contributed by atoms with van der Waals surface area (Å²) in [5.74, 6) is -2.55. The molecule has 3 atom stereocenters. The Bertz CT molecular complexity index is 1520. The third-order valence-corrected chi connectivity index (χ3v) is 8.93. The number of aliphatic imine (C=N–C) groups is 1. The van der Waals surface area contributed by atoms with E-state index in [4.69, 9.17) is 14.9 Å². The van der Waals surface area contributed by atoms with Crippen molar-refractivity contribution in [2.24, 2.45) is 4.99 Å². The maximum Gasteiger partial charge on any atom is 0.430 e. The second-order valence-electron chi connectivity index (χ2n) is 12.0. The molecule has 1 saturated carbocycles. The largest absolute Gasteiger partial charge is 0.542 e. The van der Waals surface area contributed by atoms with Crippen LogP contribution in [0.1, 0.15) is 57.4 Å². The van der Waals surface area contributed by atoms with E-state index in [0.29, 0.717) is 11.7 Å². The Kier molecular flexibility index (Phi) is 9.62. The van der Waals surface area contributed by atoms with Gasteiger partial charge in [0.1, 0.15) is 29.7 Å². The Morgan fingerprint density at radius 1 is 1.04 bits per heavy atom. The molecular weight excluding hydrogens is 590 g/mol. The fourth-order valence-electron chi connectivity index (χ4n) is 6.74. The van der Waals surface area contributed by atoms with Crippen molar-refractivity contribution < 1.29 is 37.2 Å². The van der Waals surface area contributed by atoms with E-state index in [1.54, 1.807) is 11.0 Å². The van der Waals surface area contributed by atoms with Crippen molar-refractivity contribution >= 4 is 23.5 Å². The zero-order valence-electron chi connectivity index (χ0n) is 25.0. The van der Waals surface area contributed by atoms with Crippen molar-refractivity contribution in [3.05, 3.63) is 84.4 Å². The molecule has 8 nitrogen and oxygen atoms in total. The summed E-state index contributed by atoms with van der Waals surface area (Å²) in [6, 6.07) is 19.6. The fraction of sp³-hybridized carbons (Fsp3) is 0.424. The van der Waals surface area contributed by atoms with E-state index in [9.17, 15) is 22.4 Å². The summed E-state index contributed by atoms with van der Waals surface area (Å²) in [6.45, 7) is 4.10. The summed E-state index contributed by atoms with van der Waals surface area (Å²) in [5, 5.41) is 11.9. The van der Waals surface area contributed by atoms with Crippen molar-refractivity contribution in [1.82, 2.24) is 9.88 Å². The standard InChI is InChI=1S/C31H36FN5O.C2HF3O2/c1-23-21-31(15-18-36(23)22-24-9-7-13-27(19-24)35-16-5-6-17-35)29(33-26-11-3-2-4-12-26)34-30(38)37(31)28-14-8-10-25(32)20-28;3-2(4,5)1(6)7/h5-10,13-14,16-17,19-20,23,26H,2-4,11-12,15,18,21-22H2,1H3,(H,33,34,38);(H,6,7)/t23-,31+;/m1./s1. The number of urea groups is 1. The number of carbonyl (C=O) groups is 2. The molecule has 3 fully saturated rings. The van der Waals surface area contributed by atoms with Crippen molar-refractivity contribution in [2.75, 3.05) is 11.4 Å². The van der Waals surface area contributed by atoms with Gasteiger partial charge in [-0.3, -0.25) is 15.2 Å². The Morgan fingerprint density at radius 3 is 2.36 bits per heavy atom. The number of carbonyl (C=O) groups excluding carboxylic acids is 2. The van der Waals surface area contributed by atoms with Gasteiger partial charge >= 0.3 is 12.2 Å². The summed E-state index contributed by atoms with van der Waals surface area (Å²) < 4.78 is 48.0. The Hall–Kier alpha value is -4.19. The Balaban J connectivity index is 0.000000515. The Labute approximate surface area is 259 Å². The third-order valence-electron chi connectivity index (χ3n) is 8.93. The molecular formula is C33H37F4N5O3. The van der Waals surface area contributed by atoms with Gasteiger partial charge in [-0.1, -0.05) is 37.5 Å². The maximum absolute atomic E-state index is 14.3. The minimum Gasteiger partial charge on any atom is -0.542 e. The quantitative estimate of drug-likeness (QED) is 0.416. The van der Waals surface area contributed by atoms with E-state index in [0.717, 1.165) is 50.3 Å². The summed E-state index contributed by atoms with van der Waals surface area (Å²) >= 11 is 0. The molecule has 2 aliphatic heterocycles. The summed E-state index contributed by atoms with van der Waals surface area (Å²) in [7, 11) is 0. The average Bonchev–Trinajstić information content (AvgIpc) is 3.62. The first-order chi connectivity index (χ1) is 21.5. The molecule has 2 amide bonds. The SMILES string of the molecule is C[C@@H]1C[C@@]2(CC[NH+]1Cc1cccc(-n3cccc3)c1)C(=NC1CCCCC1)NC(=O)N2c1cccc(F)c1.O=C([O-])C(F)(F)F. The number of hydrogen-bond donors (Lipinski definition) is 2. The van der Waals surface area contributed by atoms with Crippen LogP contribution in [-0.4, -0.2) is 52.7 Å². The molecule has 0 bridgehead atoms.